The molecular formula is C11H7F3N2. The quantitative estimate of drug-likeness (QED) is 0.736. The molecule has 0 aliphatic carbocycles. The van der Waals surface area contributed by atoms with Crippen molar-refractivity contribution in [2.75, 3.05) is 0 Å². The molecule has 0 atom stereocenters. The van der Waals surface area contributed by atoms with E-state index in [2.05, 4.69) is 0 Å². The second-order valence-electron chi connectivity index (χ2n) is 3.26. The van der Waals surface area contributed by atoms with Crippen molar-refractivity contribution in [3.05, 3.63) is 34.4 Å². The van der Waals surface area contributed by atoms with E-state index in [1.54, 1.807) is 12.1 Å². The van der Waals surface area contributed by atoms with E-state index in [1.807, 2.05) is 0 Å². The standard InChI is InChI=1S/C11H7F3N2/c1-7-9(6-16)4-8(2-3-15)5-10(7)11(12,13)14/h4-5H,2H2,1H3. The summed E-state index contributed by atoms with van der Waals surface area (Å²) < 4.78 is 37.8. The molecule has 0 saturated carbocycles. The Morgan fingerprint density at radius 2 is 1.88 bits per heavy atom. The van der Waals surface area contributed by atoms with E-state index in [-0.39, 0.29) is 23.1 Å². The molecule has 5 heteroatoms. The molecule has 0 N–H and O–H groups in total. The zero-order valence-corrected chi connectivity index (χ0v) is 8.39. The van der Waals surface area contributed by atoms with Crippen LogP contribution in [0.15, 0.2) is 12.1 Å². The van der Waals surface area contributed by atoms with Crippen molar-refractivity contribution >= 4 is 0 Å². The van der Waals surface area contributed by atoms with Gasteiger partial charge in [-0.3, -0.25) is 0 Å². The van der Waals surface area contributed by atoms with E-state index in [1.165, 1.54) is 13.0 Å². The molecule has 0 aliphatic heterocycles. The van der Waals surface area contributed by atoms with Gasteiger partial charge in [0.25, 0.3) is 0 Å². The summed E-state index contributed by atoms with van der Waals surface area (Å²) in [5.74, 6) is 0. The number of hydrogen-bond donors (Lipinski definition) is 0. The van der Waals surface area contributed by atoms with Crippen molar-refractivity contribution in [3.63, 3.8) is 0 Å². The van der Waals surface area contributed by atoms with Crippen molar-refractivity contribution in [3.8, 4) is 12.1 Å². The number of benzene rings is 1. The minimum Gasteiger partial charge on any atom is -0.198 e. The smallest absolute Gasteiger partial charge is 0.198 e. The number of nitrogens with zero attached hydrogens (tertiary/aromatic N) is 2. The van der Waals surface area contributed by atoms with Gasteiger partial charge in [0, 0.05) is 0 Å². The second kappa shape index (κ2) is 4.24. The number of nitriles is 2. The summed E-state index contributed by atoms with van der Waals surface area (Å²) in [6.07, 6.45) is -4.64. The Bertz CT molecular complexity index is 490. The first-order valence-electron chi connectivity index (χ1n) is 4.38. The number of halogens is 3. The maximum atomic E-state index is 12.6. The number of alkyl halides is 3. The fraction of sp³-hybridized carbons (Fsp3) is 0.273. The van der Waals surface area contributed by atoms with Gasteiger partial charge in [0.05, 0.1) is 29.7 Å². The van der Waals surface area contributed by atoms with Crippen molar-refractivity contribution in [2.24, 2.45) is 0 Å². The predicted octanol–water partition coefficient (Wildman–Crippen LogP) is 2.95. The van der Waals surface area contributed by atoms with Crippen LogP contribution in [0.4, 0.5) is 13.2 Å². The molecule has 0 bridgehead atoms. The zero-order valence-electron chi connectivity index (χ0n) is 8.39. The lowest BCUT2D eigenvalue weighted by atomic mass is 9.98. The lowest BCUT2D eigenvalue weighted by Crippen LogP contribution is -2.09. The number of hydrogen-bond acceptors (Lipinski definition) is 2. The van der Waals surface area contributed by atoms with E-state index < -0.39 is 11.7 Å². The van der Waals surface area contributed by atoms with Crippen molar-refractivity contribution in [1.29, 1.82) is 10.5 Å². The van der Waals surface area contributed by atoms with E-state index in [0.717, 1.165) is 6.07 Å². The van der Waals surface area contributed by atoms with Crippen LogP contribution in [-0.4, -0.2) is 0 Å². The summed E-state index contributed by atoms with van der Waals surface area (Å²) >= 11 is 0. The third-order valence-corrected chi connectivity index (χ3v) is 2.18. The van der Waals surface area contributed by atoms with E-state index in [0.29, 0.717) is 0 Å². The fourth-order valence-electron chi connectivity index (χ4n) is 1.38. The molecule has 0 amide bonds. The van der Waals surface area contributed by atoms with Crippen LogP contribution in [0.3, 0.4) is 0 Å². The van der Waals surface area contributed by atoms with Crippen LogP contribution in [0.2, 0.25) is 0 Å². The molecule has 2 nitrogen and oxygen atoms in total. The Balaban J connectivity index is 3.45. The Morgan fingerprint density at radius 1 is 1.25 bits per heavy atom. The maximum Gasteiger partial charge on any atom is 0.416 e. The molecule has 0 saturated heterocycles. The molecule has 0 radical (unpaired) electrons. The van der Waals surface area contributed by atoms with Crippen molar-refractivity contribution < 1.29 is 13.2 Å². The lowest BCUT2D eigenvalue weighted by Gasteiger charge is -2.12. The summed E-state index contributed by atoms with van der Waals surface area (Å²) in [4.78, 5) is 0. The Kier molecular flexibility index (Phi) is 3.20. The zero-order chi connectivity index (χ0) is 12.3. The highest BCUT2D eigenvalue weighted by Gasteiger charge is 2.33. The van der Waals surface area contributed by atoms with Crippen LogP contribution in [0.1, 0.15) is 22.3 Å². The van der Waals surface area contributed by atoms with Crippen LogP contribution in [-0.2, 0) is 12.6 Å². The molecule has 1 aromatic rings. The van der Waals surface area contributed by atoms with Gasteiger partial charge in [-0.2, -0.15) is 23.7 Å². The van der Waals surface area contributed by atoms with Gasteiger partial charge in [0.1, 0.15) is 0 Å². The van der Waals surface area contributed by atoms with Crippen LogP contribution in [0, 0.1) is 29.6 Å². The molecule has 0 heterocycles. The van der Waals surface area contributed by atoms with Gasteiger partial charge in [0.15, 0.2) is 0 Å². The van der Waals surface area contributed by atoms with Crippen LogP contribution in [0.25, 0.3) is 0 Å². The summed E-state index contributed by atoms with van der Waals surface area (Å²) in [5.41, 5.74) is -0.787. The summed E-state index contributed by atoms with van der Waals surface area (Å²) in [5, 5.41) is 17.1. The average Bonchev–Trinajstić information content (AvgIpc) is 2.19. The minimum atomic E-state index is -4.50. The van der Waals surface area contributed by atoms with Gasteiger partial charge in [-0.15, -0.1) is 0 Å². The molecule has 1 rings (SSSR count). The Morgan fingerprint density at radius 3 is 2.31 bits per heavy atom. The highest BCUT2D eigenvalue weighted by atomic mass is 19.4. The third-order valence-electron chi connectivity index (χ3n) is 2.18. The normalized spacial score (nSPS) is 10.6. The van der Waals surface area contributed by atoms with E-state index >= 15 is 0 Å². The fourth-order valence-corrected chi connectivity index (χ4v) is 1.38. The van der Waals surface area contributed by atoms with Gasteiger partial charge < -0.3 is 0 Å². The van der Waals surface area contributed by atoms with Crippen LogP contribution < -0.4 is 0 Å². The molecule has 1 aromatic carbocycles. The van der Waals surface area contributed by atoms with Gasteiger partial charge in [-0.05, 0) is 30.2 Å². The molecule has 0 unspecified atom stereocenters. The molecule has 0 fully saturated rings. The van der Waals surface area contributed by atoms with Gasteiger partial charge in [-0.1, -0.05) is 0 Å². The highest BCUT2D eigenvalue weighted by Crippen LogP contribution is 2.33. The van der Waals surface area contributed by atoms with Crippen molar-refractivity contribution in [2.45, 2.75) is 19.5 Å². The average molecular weight is 224 g/mol. The molecule has 82 valence electrons. The lowest BCUT2D eigenvalue weighted by molar-refractivity contribution is -0.138. The monoisotopic (exact) mass is 224 g/mol. The first-order chi connectivity index (χ1) is 7.40. The molecule has 0 aromatic heterocycles. The molecular weight excluding hydrogens is 217 g/mol. The van der Waals surface area contributed by atoms with Crippen LogP contribution in [0.5, 0.6) is 0 Å². The van der Waals surface area contributed by atoms with Crippen molar-refractivity contribution in [1.82, 2.24) is 0 Å². The SMILES string of the molecule is Cc1c(C#N)cc(CC#N)cc1C(F)(F)F. The Labute approximate surface area is 90.5 Å². The molecule has 0 aliphatic rings. The first kappa shape index (κ1) is 12.1. The van der Waals surface area contributed by atoms with Gasteiger partial charge in [-0.25, -0.2) is 0 Å². The molecule has 16 heavy (non-hydrogen) atoms. The third kappa shape index (κ3) is 2.32. The van der Waals surface area contributed by atoms with Gasteiger partial charge in [0.2, 0.25) is 0 Å². The first-order valence-corrected chi connectivity index (χ1v) is 4.38. The van der Waals surface area contributed by atoms with Crippen LogP contribution >= 0.6 is 0 Å². The molecule has 0 spiro atoms. The number of rotatable bonds is 1. The minimum absolute atomic E-state index is 0.0416. The van der Waals surface area contributed by atoms with E-state index in [9.17, 15) is 13.2 Å². The van der Waals surface area contributed by atoms with E-state index in [4.69, 9.17) is 10.5 Å². The Hall–Kier alpha value is -2.01. The van der Waals surface area contributed by atoms with Gasteiger partial charge >= 0.3 is 6.18 Å². The topological polar surface area (TPSA) is 47.6 Å². The highest BCUT2D eigenvalue weighted by molar-refractivity contribution is 5.46. The maximum absolute atomic E-state index is 12.6. The summed E-state index contributed by atoms with van der Waals surface area (Å²) in [6, 6.07) is 5.68. The second-order valence-corrected chi connectivity index (χ2v) is 3.26. The predicted molar refractivity (Wildman–Crippen MR) is 50.2 cm³/mol. The summed E-state index contributed by atoms with van der Waals surface area (Å²) in [6.45, 7) is 1.25. The largest absolute Gasteiger partial charge is 0.416 e. The summed E-state index contributed by atoms with van der Waals surface area (Å²) in [7, 11) is 0.